The van der Waals surface area contributed by atoms with E-state index < -0.39 is 0 Å². The molecule has 1 aliphatic heterocycles. The van der Waals surface area contributed by atoms with Gasteiger partial charge in [0, 0.05) is 19.7 Å². The van der Waals surface area contributed by atoms with Crippen LogP contribution >= 0.6 is 0 Å². The Kier molecular flexibility index (Phi) is 5.38. The Hall–Kier alpha value is -2.47. The van der Waals surface area contributed by atoms with Crippen molar-refractivity contribution in [1.82, 2.24) is 15.5 Å². The summed E-state index contributed by atoms with van der Waals surface area (Å²) in [5, 5.41) is 14.1. The molecular weight excluding hydrogens is 304 g/mol. The molecule has 1 fully saturated rings. The number of aryl methyl sites for hydroxylation is 1. The molecule has 0 spiro atoms. The first kappa shape index (κ1) is 16.4. The molecule has 6 heteroatoms. The van der Waals surface area contributed by atoms with Crippen LogP contribution in [0.1, 0.15) is 34.5 Å². The monoisotopic (exact) mass is 326 g/mol. The molecule has 1 aliphatic rings. The highest BCUT2D eigenvalue weighted by Gasteiger charge is 2.17. The Morgan fingerprint density at radius 2 is 2.04 bits per heavy atom. The number of hydrogen-bond donors (Lipinski definition) is 2. The van der Waals surface area contributed by atoms with Gasteiger partial charge in [-0.15, -0.1) is 10.2 Å². The maximum atomic E-state index is 12.0. The number of carbonyl (C=O) groups excluding carboxylic acids is 1. The zero-order valence-corrected chi connectivity index (χ0v) is 13.8. The second-order valence-corrected chi connectivity index (χ2v) is 5.99. The second kappa shape index (κ2) is 7.88. The first-order chi connectivity index (χ1) is 11.7. The van der Waals surface area contributed by atoms with Gasteiger partial charge in [0.2, 0.25) is 0 Å². The largest absolute Gasteiger partial charge is 0.376 e. The summed E-state index contributed by atoms with van der Waals surface area (Å²) < 4.78 is 5.48. The molecule has 1 saturated heterocycles. The van der Waals surface area contributed by atoms with Crippen molar-refractivity contribution < 1.29 is 9.53 Å². The number of benzene rings is 1. The van der Waals surface area contributed by atoms with Gasteiger partial charge in [0.15, 0.2) is 5.69 Å². The maximum absolute atomic E-state index is 12.0. The van der Waals surface area contributed by atoms with Crippen LogP contribution in [0.25, 0.3) is 0 Å². The summed E-state index contributed by atoms with van der Waals surface area (Å²) in [6.45, 7) is 4.03. The maximum Gasteiger partial charge on any atom is 0.271 e. The van der Waals surface area contributed by atoms with Gasteiger partial charge in [-0.2, -0.15) is 0 Å². The second-order valence-electron chi connectivity index (χ2n) is 5.99. The Morgan fingerprint density at radius 1 is 1.21 bits per heavy atom. The fourth-order valence-electron chi connectivity index (χ4n) is 2.55. The third-order valence-corrected chi connectivity index (χ3v) is 4.01. The molecule has 0 bridgehead atoms. The summed E-state index contributed by atoms with van der Waals surface area (Å²) >= 11 is 0. The first-order valence-electron chi connectivity index (χ1n) is 8.23. The summed E-state index contributed by atoms with van der Waals surface area (Å²) in [7, 11) is 0. The van der Waals surface area contributed by atoms with E-state index in [4.69, 9.17) is 4.74 Å². The van der Waals surface area contributed by atoms with Crippen molar-refractivity contribution in [1.29, 1.82) is 0 Å². The number of nitrogens with zero attached hydrogens (tertiary/aromatic N) is 2. The van der Waals surface area contributed by atoms with Gasteiger partial charge in [-0.25, -0.2) is 0 Å². The summed E-state index contributed by atoms with van der Waals surface area (Å²) in [5.74, 6) is 0.425. The normalized spacial score (nSPS) is 16.8. The summed E-state index contributed by atoms with van der Waals surface area (Å²) in [6, 6.07) is 11.7. The molecule has 2 aromatic rings. The third kappa shape index (κ3) is 4.52. The number of aromatic nitrogens is 2. The zero-order valence-electron chi connectivity index (χ0n) is 13.8. The van der Waals surface area contributed by atoms with E-state index in [9.17, 15) is 4.79 Å². The topological polar surface area (TPSA) is 76.1 Å². The third-order valence-electron chi connectivity index (χ3n) is 4.01. The molecular formula is C18H22N4O2. The summed E-state index contributed by atoms with van der Waals surface area (Å²) in [5.41, 5.74) is 2.71. The molecule has 2 N–H and O–H groups in total. The fraction of sp³-hybridized carbons (Fsp3) is 0.389. The fourth-order valence-corrected chi connectivity index (χ4v) is 2.55. The van der Waals surface area contributed by atoms with Crippen molar-refractivity contribution >= 4 is 11.7 Å². The zero-order chi connectivity index (χ0) is 16.8. The lowest BCUT2D eigenvalue weighted by atomic mass is 10.1. The van der Waals surface area contributed by atoms with E-state index in [1.165, 1.54) is 11.1 Å². The van der Waals surface area contributed by atoms with E-state index in [-0.39, 0.29) is 12.0 Å². The molecule has 1 unspecified atom stereocenters. The highest BCUT2D eigenvalue weighted by Crippen LogP contribution is 2.11. The van der Waals surface area contributed by atoms with Crippen LogP contribution in [0.15, 0.2) is 36.4 Å². The van der Waals surface area contributed by atoms with Crippen LogP contribution in [0.2, 0.25) is 0 Å². The van der Waals surface area contributed by atoms with E-state index >= 15 is 0 Å². The van der Waals surface area contributed by atoms with Crippen molar-refractivity contribution in [2.75, 3.05) is 18.5 Å². The Morgan fingerprint density at radius 3 is 2.71 bits per heavy atom. The minimum atomic E-state index is -0.219. The van der Waals surface area contributed by atoms with E-state index in [0.29, 0.717) is 24.6 Å². The molecule has 0 saturated carbocycles. The summed E-state index contributed by atoms with van der Waals surface area (Å²) in [4.78, 5) is 12.0. The van der Waals surface area contributed by atoms with E-state index in [1.54, 1.807) is 12.1 Å². The minimum absolute atomic E-state index is 0.123. The van der Waals surface area contributed by atoms with Crippen LogP contribution < -0.4 is 10.6 Å². The van der Waals surface area contributed by atoms with Crippen molar-refractivity contribution in [3.63, 3.8) is 0 Å². The predicted octanol–water partition coefficient (Wildman–Crippen LogP) is 2.31. The average Bonchev–Trinajstić information content (AvgIpc) is 3.13. The SMILES string of the molecule is Cc1ccc(CNc2ccc(C(=O)NCC3CCCO3)nn2)cc1. The van der Waals surface area contributed by atoms with Gasteiger partial charge in [0.25, 0.3) is 5.91 Å². The Balaban J connectivity index is 1.48. The molecule has 1 amide bonds. The smallest absolute Gasteiger partial charge is 0.271 e. The number of nitrogens with one attached hydrogen (secondary N) is 2. The molecule has 0 aliphatic carbocycles. The van der Waals surface area contributed by atoms with Crippen molar-refractivity contribution in [2.45, 2.75) is 32.4 Å². The molecule has 1 atom stereocenters. The van der Waals surface area contributed by atoms with Crippen LogP contribution in [0, 0.1) is 6.92 Å². The predicted molar refractivity (Wildman–Crippen MR) is 91.8 cm³/mol. The van der Waals surface area contributed by atoms with Crippen LogP contribution in [0.5, 0.6) is 0 Å². The molecule has 24 heavy (non-hydrogen) atoms. The van der Waals surface area contributed by atoms with Crippen molar-refractivity contribution in [3.8, 4) is 0 Å². The van der Waals surface area contributed by atoms with E-state index in [0.717, 1.165) is 19.4 Å². The molecule has 0 radical (unpaired) electrons. The van der Waals surface area contributed by atoms with Gasteiger partial charge >= 0.3 is 0 Å². The lowest BCUT2D eigenvalue weighted by molar-refractivity contribution is 0.0853. The van der Waals surface area contributed by atoms with Gasteiger partial charge in [0.1, 0.15) is 5.82 Å². The lowest BCUT2D eigenvalue weighted by Crippen LogP contribution is -2.32. The minimum Gasteiger partial charge on any atom is -0.376 e. The quantitative estimate of drug-likeness (QED) is 0.852. The standard InChI is InChI=1S/C18H22N4O2/c1-13-4-6-14(7-5-13)11-19-17-9-8-16(21-22-17)18(23)20-12-15-3-2-10-24-15/h4-9,15H,2-3,10-12H2,1H3,(H,19,22)(H,20,23). The number of carbonyl (C=O) groups is 1. The number of anilines is 1. The lowest BCUT2D eigenvalue weighted by Gasteiger charge is -2.10. The van der Waals surface area contributed by atoms with Crippen molar-refractivity contribution in [2.24, 2.45) is 0 Å². The van der Waals surface area contributed by atoms with Crippen LogP contribution in [-0.4, -0.2) is 35.4 Å². The molecule has 126 valence electrons. The first-order valence-corrected chi connectivity index (χ1v) is 8.23. The van der Waals surface area contributed by atoms with Crippen LogP contribution in [0.3, 0.4) is 0 Å². The molecule has 1 aromatic heterocycles. The van der Waals surface area contributed by atoms with Gasteiger partial charge in [-0.05, 0) is 37.5 Å². The molecule has 1 aromatic carbocycles. The Labute approximate surface area is 141 Å². The number of hydrogen-bond acceptors (Lipinski definition) is 5. The van der Waals surface area contributed by atoms with Crippen LogP contribution in [0.4, 0.5) is 5.82 Å². The van der Waals surface area contributed by atoms with Gasteiger partial charge in [-0.3, -0.25) is 4.79 Å². The van der Waals surface area contributed by atoms with Crippen molar-refractivity contribution in [3.05, 3.63) is 53.2 Å². The van der Waals surface area contributed by atoms with E-state index in [1.807, 2.05) is 0 Å². The van der Waals surface area contributed by atoms with E-state index in [2.05, 4.69) is 52.0 Å². The van der Waals surface area contributed by atoms with Crippen LogP contribution in [-0.2, 0) is 11.3 Å². The molecule has 3 rings (SSSR count). The Bertz CT molecular complexity index is 664. The molecule has 2 heterocycles. The van der Waals surface area contributed by atoms with Gasteiger partial charge < -0.3 is 15.4 Å². The highest BCUT2D eigenvalue weighted by atomic mass is 16.5. The number of ether oxygens (including phenoxy) is 1. The van der Waals surface area contributed by atoms with Gasteiger partial charge in [0.05, 0.1) is 6.10 Å². The summed E-state index contributed by atoms with van der Waals surface area (Å²) in [6.07, 6.45) is 2.17. The number of amides is 1. The average molecular weight is 326 g/mol. The van der Waals surface area contributed by atoms with Gasteiger partial charge in [-0.1, -0.05) is 29.8 Å². The molecule has 6 nitrogen and oxygen atoms in total. The highest BCUT2D eigenvalue weighted by molar-refractivity contribution is 5.92. The number of rotatable bonds is 6.